The zero-order chi connectivity index (χ0) is 13.4. The molecular formula is C16H20N2O2. The number of ether oxygens (including phenoxy) is 1. The van der Waals surface area contributed by atoms with Crippen molar-refractivity contribution in [2.45, 2.75) is 31.8 Å². The molecule has 1 unspecified atom stereocenters. The lowest BCUT2D eigenvalue weighted by Gasteiger charge is -2.33. The van der Waals surface area contributed by atoms with Gasteiger partial charge in [0.2, 0.25) is 0 Å². The molecule has 0 saturated carbocycles. The number of aromatic nitrogens is 1. The Hall–Kier alpha value is -1.55. The van der Waals surface area contributed by atoms with Gasteiger partial charge >= 0.3 is 0 Å². The first kappa shape index (κ1) is 12.2. The van der Waals surface area contributed by atoms with Crippen molar-refractivity contribution in [3.8, 4) is 0 Å². The average Bonchev–Trinajstić information content (AvgIpc) is 3.17. The van der Waals surface area contributed by atoms with Crippen LogP contribution >= 0.6 is 0 Å². The fourth-order valence-electron chi connectivity index (χ4n) is 3.43. The summed E-state index contributed by atoms with van der Waals surface area (Å²) >= 11 is 0. The number of nitrogens with zero attached hydrogens (tertiary/aromatic N) is 2. The fourth-order valence-corrected chi connectivity index (χ4v) is 3.43. The van der Waals surface area contributed by atoms with E-state index in [1.165, 1.54) is 25.7 Å². The molecule has 1 aromatic heterocycles. The van der Waals surface area contributed by atoms with Crippen LogP contribution in [-0.4, -0.2) is 30.8 Å². The molecule has 0 aliphatic carbocycles. The van der Waals surface area contributed by atoms with Gasteiger partial charge in [-0.25, -0.2) is 0 Å². The second-order valence-corrected chi connectivity index (χ2v) is 5.84. The Morgan fingerprint density at radius 2 is 1.95 bits per heavy atom. The van der Waals surface area contributed by atoms with Gasteiger partial charge in [0.05, 0.1) is 6.10 Å². The van der Waals surface area contributed by atoms with E-state index < -0.39 is 0 Å². The van der Waals surface area contributed by atoms with Crippen LogP contribution in [0.5, 0.6) is 0 Å². The van der Waals surface area contributed by atoms with Gasteiger partial charge in [0.25, 0.3) is 6.01 Å². The first-order valence-corrected chi connectivity index (χ1v) is 7.62. The number of hydrogen-bond donors (Lipinski definition) is 0. The van der Waals surface area contributed by atoms with Gasteiger partial charge in [0, 0.05) is 19.7 Å². The Morgan fingerprint density at radius 1 is 1.10 bits per heavy atom. The van der Waals surface area contributed by atoms with Crippen molar-refractivity contribution in [2.24, 2.45) is 5.92 Å². The van der Waals surface area contributed by atoms with Crippen molar-refractivity contribution in [1.82, 2.24) is 4.98 Å². The Bertz CT molecular complexity index is 548. The maximum atomic E-state index is 5.85. The van der Waals surface area contributed by atoms with Crippen LogP contribution in [0.2, 0.25) is 0 Å². The molecule has 3 heterocycles. The molecule has 20 heavy (non-hydrogen) atoms. The number of hydrogen-bond acceptors (Lipinski definition) is 4. The van der Waals surface area contributed by atoms with E-state index in [0.29, 0.717) is 6.10 Å². The third kappa shape index (κ3) is 2.18. The van der Waals surface area contributed by atoms with Crippen LogP contribution in [0.1, 0.15) is 25.7 Å². The predicted octanol–water partition coefficient (Wildman–Crippen LogP) is 3.22. The van der Waals surface area contributed by atoms with Gasteiger partial charge in [-0.15, -0.1) is 0 Å². The number of anilines is 1. The zero-order valence-corrected chi connectivity index (χ0v) is 11.6. The van der Waals surface area contributed by atoms with Crippen LogP contribution in [0.15, 0.2) is 28.7 Å². The van der Waals surface area contributed by atoms with Gasteiger partial charge in [-0.3, -0.25) is 0 Å². The molecule has 106 valence electrons. The summed E-state index contributed by atoms with van der Waals surface area (Å²) in [6.45, 7) is 3.00. The van der Waals surface area contributed by atoms with E-state index in [9.17, 15) is 0 Å². The van der Waals surface area contributed by atoms with E-state index >= 15 is 0 Å². The molecule has 1 aromatic carbocycles. The van der Waals surface area contributed by atoms with Crippen LogP contribution < -0.4 is 4.90 Å². The van der Waals surface area contributed by atoms with Gasteiger partial charge in [-0.1, -0.05) is 12.1 Å². The number of para-hydroxylation sites is 2. The molecule has 2 aromatic rings. The van der Waals surface area contributed by atoms with Crippen LogP contribution in [0, 0.1) is 5.92 Å². The van der Waals surface area contributed by atoms with Gasteiger partial charge in [-0.2, -0.15) is 4.98 Å². The SMILES string of the molecule is c1ccc2oc(N3CCC(C4CCCO4)CC3)nc2c1. The van der Waals surface area contributed by atoms with E-state index in [-0.39, 0.29) is 0 Å². The summed E-state index contributed by atoms with van der Waals surface area (Å²) in [5, 5.41) is 0. The Balaban J connectivity index is 1.45. The molecule has 1 atom stereocenters. The van der Waals surface area contributed by atoms with Crippen LogP contribution in [0.4, 0.5) is 6.01 Å². The number of oxazole rings is 1. The molecule has 4 nitrogen and oxygen atoms in total. The normalized spacial score (nSPS) is 24.6. The lowest BCUT2D eigenvalue weighted by atomic mass is 9.90. The van der Waals surface area contributed by atoms with E-state index in [0.717, 1.165) is 42.7 Å². The second kappa shape index (κ2) is 5.09. The Labute approximate surface area is 118 Å². The van der Waals surface area contributed by atoms with Crippen LogP contribution in [0.25, 0.3) is 11.1 Å². The highest BCUT2D eigenvalue weighted by atomic mass is 16.5. The zero-order valence-electron chi connectivity index (χ0n) is 11.6. The summed E-state index contributed by atoms with van der Waals surface area (Å²) in [4.78, 5) is 6.86. The summed E-state index contributed by atoms with van der Waals surface area (Å²) in [7, 11) is 0. The molecule has 0 spiro atoms. The minimum atomic E-state index is 0.501. The molecule has 0 bridgehead atoms. The minimum absolute atomic E-state index is 0.501. The molecule has 2 saturated heterocycles. The number of fused-ring (bicyclic) bond motifs is 1. The van der Waals surface area contributed by atoms with Crippen molar-refractivity contribution in [3.05, 3.63) is 24.3 Å². The largest absolute Gasteiger partial charge is 0.423 e. The monoisotopic (exact) mass is 272 g/mol. The predicted molar refractivity (Wildman–Crippen MR) is 77.9 cm³/mol. The first-order chi connectivity index (χ1) is 9.90. The van der Waals surface area contributed by atoms with Crippen LogP contribution in [0.3, 0.4) is 0 Å². The third-order valence-electron chi connectivity index (χ3n) is 4.58. The average molecular weight is 272 g/mol. The van der Waals surface area contributed by atoms with Crippen molar-refractivity contribution in [2.75, 3.05) is 24.6 Å². The lowest BCUT2D eigenvalue weighted by molar-refractivity contribution is 0.0528. The van der Waals surface area contributed by atoms with Crippen LogP contribution in [-0.2, 0) is 4.74 Å². The van der Waals surface area contributed by atoms with E-state index in [1.807, 2.05) is 24.3 Å². The van der Waals surface area contributed by atoms with Gasteiger partial charge in [0.1, 0.15) is 5.52 Å². The van der Waals surface area contributed by atoms with E-state index in [2.05, 4.69) is 9.88 Å². The standard InChI is InChI=1S/C16H20N2O2/c1-2-5-15-13(4-1)17-16(20-15)18-9-7-12(8-10-18)14-6-3-11-19-14/h1-2,4-5,12,14H,3,6-11H2. The van der Waals surface area contributed by atoms with Gasteiger partial charge in [0.15, 0.2) is 5.58 Å². The second-order valence-electron chi connectivity index (χ2n) is 5.84. The van der Waals surface area contributed by atoms with Gasteiger partial charge in [-0.05, 0) is 43.7 Å². The highest BCUT2D eigenvalue weighted by molar-refractivity contribution is 5.74. The number of benzene rings is 1. The number of rotatable bonds is 2. The first-order valence-electron chi connectivity index (χ1n) is 7.62. The highest BCUT2D eigenvalue weighted by Crippen LogP contribution is 2.31. The molecular weight excluding hydrogens is 252 g/mol. The Kier molecular flexibility index (Phi) is 3.11. The van der Waals surface area contributed by atoms with Gasteiger partial charge < -0.3 is 14.1 Å². The quantitative estimate of drug-likeness (QED) is 0.841. The lowest BCUT2D eigenvalue weighted by Crippen LogP contribution is -2.37. The molecule has 4 heteroatoms. The van der Waals surface area contributed by atoms with Crippen molar-refractivity contribution in [1.29, 1.82) is 0 Å². The van der Waals surface area contributed by atoms with E-state index in [1.54, 1.807) is 0 Å². The molecule has 2 aliphatic rings. The highest BCUT2D eigenvalue weighted by Gasteiger charge is 2.30. The molecule has 2 fully saturated rings. The van der Waals surface area contributed by atoms with E-state index in [4.69, 9.17) is 9.15 Å². The van der Waals surface area contributed by atoms with Crippen molar-refractivity contribution >= 4 is 17.1 Å². The summed E-state index contributed by atoms with van der Waals surface area (Å²) in [5.74, 6) is 0.720. The van der Waals surface area contributed by atoms with Crippen molar-refractivity contribution < 1.29 is 9.15 Å². The molecule has 2 aliphatic heterocycles. The maximum Gasteiger partial charge on any atom is 0.298 e. The Morgan fingerprint density at radius 3 is 2.70 bits per heavy atom. The smallest absolute Gasteiger partial charge is 0.298 e. The molecule has 0 radical (unpaired) electrons. The summed E-state index contributed by atoms with van der Waals surface area (Å²) < 4.78 is 11.7. The molecule has 4 rings (SSSR count). The van der Waals surface area contributed by atoms with Crippen molar-refractivity contribution in [3.63, 3.8) is 0 Å². The third-order valence-corrected chi connectivity index (χ3v) is 4.58. The summed E-state index contributed by atoms with van der Waals surface area (Å²) in [5.41, 5.74) is 1.83. The molecule has 0 amide bonds. The summed E-state index contributed by atoms with van der Waals surface area (Å²) in [6.07, 6.45) is 5.34. The fraction of sp³-hybridized carbons (Fsp3) is 0.562. The number of piperidine rings is 1. The maximum absolute atomic E-state index is 5.85. The minimum Gasteiger partial charge on any atom is -0.423 e. The summed E-state index contributed by atoms with van der Waals surface area (Å²) in [6, 6.07) is 8.74. The molecule has 0 N–H and O–H groups in total. The topological polar surface area (TPSA) is 38.5 Å².